The molecule has 2 heterocycles. The first-order valence-electron chi connectivity index (χ1n) is 7.96. The molecule has 1 aromatic heterocycles. The Kier molecular flexibility index (Phi) is 4.55. The molecule has 1 aromatic carbocycles. The molecule has 22 heavy (non-hydrogen) atoms. The summed E-state index contributed by atoms with van der Waals surface area (Å²) in [5, 5.41) is 4.40. The molecule has 1 saturated heterocycles. The number of ether oxygens (including phenoxy) is 1. The summed E-state index contributed by atoms with van der Waals surface area (Å²) < 4.78 is 7.75. The summed E-state index contributed by atoms with van der Waals surface area (Å²) in [6.45, 7) is 9.34. The van der Waals surface area contributed by atoms with Crippen LogP contribution in [0, 0.1) is 6.92 Å². The van der Waals surface area contributed by atoms with Crippen molar-refractivity contribution in [1.29, 1.82) is 0 Å². The molecule has 2 atom stereocenters. The molecule has 1 aliphatic heterocycles. The smallest absolute Gasteiger partial charge is 0.138 e. The summed E-state index contributed by atoms with van der Waals surface area (Å²) in [5.41, 5.74) is 2.32. The van der Waals surface area contributed by atoms with Crippen LogP contribution in [0.15, 0.2) is 30.6 Å². The molecule has 2 aromatic rings. The molecule has 1 fully saturated rings. The highest BCUT2D eigenvalue weighted by Crippen LogP contribution is 2.15. The monoisotopic (exact) mass is 300 g/mol. The molecule has 5 heteroatoms. The summed E-state index contributed by atoms with van der Waals surface area (Å²) in [6.07, 6.45) is 3.15. The van der Waals surface area contributed by atoms with Gasteiger partial charge in [-0.25, -0.2) is 9.67 Å². The number of rotatable bonds is 4. The first-order valence-corrected chi connectivity index (χ1v) is 7.96. The van der Waals surface area contributed by atoms with Crippen LogP contribution in [-0.4, -0.2) is 51.5 Å². The SMILES string of the molecule is Cc1ccccc1-n1ncnc1CCN1C[C@@H](C)O[C@@H](C)C1. The lowest BCUT2D eigenvalue weighted by Crippen LogP contribution is -2.46. The van der Waals surface area contributed by atoms with Crippen molar-refractivity contribution >= 4 is 0 Å². The maximum absolute atomic E-state index is 5.79. The molecule has 0 N–H and O–H groups in total. The second kappa shape index (κ2) is 6.58. The lowest BCUT2D eigenvalue weighted by atomic mass is 10.2. The summed E-state index contributed by atoms with van der Waals surface area (Å²) in [5.74, 6) is 1.01. The van der Waals surface area contributed by atoms with Gasteiger partial charge in [0.15, 0.2) is 0 Å². The predicted molar refractivity (Wildman–Crippen MR) is 86.2 cm³/mol. The first kappa shape index (κ1) is 15.2. The Morgan fingerprint density at radius 1 is 1.18 bits per heavy atom. The highest BCUT2D eigenvalue weighted by atomic mass is 16.5. The zero-order valence-corrected chi connectivity index (χ0v) is 13.6. The Morgan fingerprint density at radius 3 is 2.64 bits per heavy atom. The third-order valence-electron chi connectivity index (χ3n) is 4.11. The third-order valence-corrected chi connectivity index (χ3v) is 4.11. The van der Waals surface area contributed by atoms with Crippen LogP contribution in [0.4, 0.5) is 0 Å². The standard InChI is InChI=1S/C17H24N4O/c1-13-6-4-5-7-16(13)21-17(18-12-19-21)8-9-20-10-14(2)22-15(3)11-20/h4-7,12,14-15H,8-11H2,1-3H3/t14-,15+. The van der Waals surface area contributed by atoms with Gasteiger partial charge >= 0.3 is 0 Å². The fourth-order valence-electron chi connectivity index (χ4n) is 3.16. The zero-order chi connectivity index (χ0) is 15.5. The first-order chi connectivity index (χ1) is 10.6. The molecule has 118 valence electrons. The van der Waals surface area contributed by atoms with Crippen LogP contribution in [0.5, 0.6) is 0 Å². The van der Waals surface area contributed by atoms with Crippen LogP contribution in [0.3, 0.4) is 0 Å². The van der Waals surface area contributed by atoms with Gasteiger partial charge in [0.2, 0.25) is 0 Å². The summed E-state index contributed by atoms with van der Waals surface area (Å²) in [6, 6.07) is 8.28. The molecule has 0 spiro atoms. The van der Waals surface area contributed by atoms with Crippen LogP contribution < -0.4 is 0 Å². The van der Waals surface area contributed by atoms with Crippen molar-refractivity contribution in [1.82, 2.24) is 19.7 Å². The van der Waals surface area contributed by atoms with Crippen LogP contribution in [0.2, 0.25) is 0 Å². The number of para-hydroxylation sites is 1. The minimum Gasteiger partial charge on any atom is -0.373 e. The van der Waals surface area contributed by atoms with Crippen LogP contribution in [0.1, 0.15) is 25.2 Å². The van der Waals surface area contributed by atoms with Crippen molar-refractivity contribution in [2.45, 2.75) is 39.4 Å². The Labute approximate surface area is 131 Å². The number of hydrogen-bond donors (Lipinski definition) is 0. The van der Waals surface area contributed by atoms with Crippen LogP contribution in [0.25, 0.3) is 5.69 Å². The van der Waals surface area contributed by atoms with E-state index in [-0.39, 0.29) is 0 Å². The molecule has 3 rings (SSSR count). The van der Waals surface area contributed by atoms with E-state index >= 15 is 0 Å². The minimum atomic E-state index is 0.304. The van der Waals surface area contributed by atoms with Crippen molar-refractivity contribution < 1.29 is 4.74 Å². The Morgan fingerprint density at radius 2 is 1.91 bits per heavy atom. The van der Waals surface area contributed by atoms with Gasteiger partial charge in [-0.15, -0.1) is 0 Å². The van der Waals surface area contributed by atoms with Gasteiger partial charge in [-0.1, -0.05) is 18.2 Å². The molecule has 0 bridgehead atoms. The molecule has 0 saturated carbocycles. The molecular weight excluding hydrogens is 276 g/mol. The second-order valence-corrected chi connectivity index (χ2v) is 6.14. The Hall–Kier alpha value is -1.72. The van der Waals surface area contributed by atoms with Gasteiger partial charge in [-0.3, -0.25) is 4.90 Å². The van der Waals surface area contributed by atoms with Crippen molar-refractivity contribution in [3.63, 3.8) is 0 Å². The summed E-state index contributed by atoms with van der Waals surface area (Å²) >= 11 is 0. The van der Waals surface area contributed by atoms with Gasteiger partial charge in [0.25, 0.3) is 0 Å². The average Bonchev–Trinajstić information content (AvgIpc) is 2.93. The molecule has 0 unspecified atom stereocenters. The van der Waals surface area contributed by atoms with Crippen LogP contribution >= 0.6 is 0 Å². The van der Waals surface area contributed by atoms with Gasteiger partial charge in [0.05, 0.1) is 17.9 Å². The van der Waals surface area contributed by atoms with Gasteiger partial charge in [-0.2, -0.15) is 5.10 Å². The van der Waals surface area contributed by atoms with E-state index in [1.54, 1.807) is 6.33 Å². The van der Waals surface area contributed by atoms with Gasteiger partial charge in [-0.05, 0) is 32.4 Å². The molecule has 0 amide bonds. The second-order valence-electron chi connectivity index (χ2n) is 6.14. The van der Waals surface area contributed by atoms with E-state index in [1.807, 2.05) is 16.8 Å². The van der Waals surface area contributed by atoms with E-state index in [0.29, 0.717) is 12.2 Å². The number of morpholine rings is 1. The highest BCUT2D eigenvalue weighted by Gasteiger charge is 2.22. The lowest BCUT2D eigenvalue weighted by molar-refractivity contribution is -0.0676. The lowest BCUT2D eigenvalue weighted by Gasteiger charge is -2.35. The topological polar surface area (TPSA) is 43.2 Å². The number of aromatic nitrogens is 3. The molecule has 1 aliphatic rings. The van der Waals surface area contributed by atoms with E-state index in [0.717, 1.165) is 37.6 Å². The molecular formula is C17H24N4O. The van der Waals surface area contributed by atoms with E-state index in [4.69, 9.17) is 4.74 Å². The number of benzene rings is 1. The van der Waals surface area contributed by atoms with Crippen molar-refractivity contribution in [3.05, 3.63) is 42.0 Å². The van der Waals surface area contributed by atoms with Crippen molar-refractivity contribution in [2.75, 3.05) is 19.6 Å². The van der Waals surface area contributed by atoms with E-state index < -0.39 is 0 Å². The highest BCUT2D eigenvalue weighted by molar-refractivity contribution is 5.39. The van der Waals surface area contributed by atoms with E-state index in [9.17, 15) is 0 Å². The number of nitrogens with zero attached hydrogens (tertiary/aromatic N) is 4. The van der Waals surface area contributed by atoms with E-state index in [2.05, 4.69) is 47.9 Å². The third kappa shape index (κ3) is 3.36. The minimum absolute atomic E-state index is 0.304. The predicted octanol–water partition coefficient (Wildman–Crippen LogP) is 2.23. The Bertz CT molecular complexity index is 615. The molecule has 5 nitrogen and oxygen atoms in total. The molecule has 0 aliphatic carbocycles. The van der Waals surface area contributed by atoms with E-state index in [1.165, 1.54) is 5.56 Å². The number of aryl methyl sites for hydroxylation is 1. The van der Waals surface area contributed by atoms with Gasteiger partial charge in [0.1, 0.15) is 12.2 Å². The largest absolute Gasteiger partial charge is 0.373 e. The fraction of sp³-hybridized carbons (Fsp3) is 0.529. The van der Waals surface area contributed by atoms with Gasteiger partial charge < -0.3 is 4.74 Å². The zero-order valence-electron chi connectivity index (χ0n) is 13.6. The summed E-state index contributed by atoms with van der Waals surface area (Å²) in [7, 11) is 0. The Balaban J connectivity index is 1.70. The number of hydrogen-bond acceptors (Lipinski definition) is 4. The fourth-order valence-corrected chi connectivity index (χ4v) is 3.16. The molecule has 0 radical (unpaired) electrons. The van der Waals surface area contributed by atoms with Gasteiger partial charge in [0, 0.05) is 26.1 Å². The van der Waals surface area contributed by atoms with Crippen molar-refractivity contribution in [2.24, 2.45) is 0 Å². The summed E-state index contributed by atoms with van der Waals surface area (Å²) in [4.78, 5) is 6.90. The van der Waals surface area contributed by atoms with Crippen LogP contribution in [-0.2, 0) is 11.2 Å². The maximum Gasteiger partial charge on any atom is 0.138 e. The normalized spacial score (nSPS) is 22.9. The quantitative estimate of drug-likeness (QED) is 0.868. The average molecular weight is 300 g/mol. The maximum atomic E-state index is 5.79. The van der Waals surface area contributed by atoms with Crippen molar-refractivity contribution in [3.8, 4) is 5.69 Å².